The number of nitrogens with zero attached hydrogens (tertiary/aromatic N) is 1. The summed E-state index contributed by atoms with van der Waals surface area (Å²) >= 11 is 1.60. The van der Waals surface area contributed by atoms with Gasteiger partial charge in [0.1, 0.15) is 0 Å². The van der Waals surface area contributed by atoms with Crippen molar-refractivity contribution in [2.24, 2.45) is 0 Å². The summed E-state index contributed by atoms with van der Waals surface area (Å²) in [5.74, 6) is 1.27. The number of thiazole rings is 1. The summed E-state index contributed by atoms with van der Waals surface area (Å²) in [6, 6.07) is 3.57. The van der Waals surface area contributed by atoms with E-state index < -0.39 is 0 Å². The molecule has 0 amide bonds. The molecule has 0 aliphatic heterocycles. The van der Waals surface area contributed by atoms with Crippen LogP contribution in [0.2, 0.25) is 0 Å². The number of nitrogen functional groups attached to an aromatic ring is 1. The number of nitrogens with one attached hydrogen (secondary N) is 1. The maximum absolute atomic E-state index is 5.95. The molecule has 0 atom stereocenters. The number of rotatable bonds is 5. The lowest BCUT2D eigenvalue weighted by molar-refractivity contribution is 0.355. The van der Waals surface area contributed by atoms with Crippen molar-refractivity contribution in [1.29, 1.82) is 0 Å². The molecule has 1 aromatic heterocycles. The Kier molecular flexibility index (Phi) is 3.88. The maximum Gasteiger partial charge on any atom is 0.162 e. The molecule has 0 aliphatic rings. The average Bonchev–Trinajstić information content (AvgIpc) is 2.90. The molecule has 18 heavy (non-hydrogen) atoms. The molecule has 96 valence electrons. The second-order valence-electron chi connectivity index (χ2n) is 3.62. The zero-order valence-corrected chi connectivity index (χ0v) is 11.1. The van der Waals surface area contributed by atoms with Crippen LogP contribution in [0, 0.1) is 0 Å². The third kappa shape index (κ3) is 2.65. The van der Waals surface area contributed by atoms with Gasteiger partial charge in [0.25, 0.3) is 0 Å². The molecule has 0 unspecified atom stereocenters. The number of methoxy groups -OCH3 is 2. The van der Waals surface area contributed by atoms with E-state index in [9.17, 15) is 0 Å². The third-order valence-corrected chi connectivity index (χ3v) is 3.27. The van der Waals surface area contributed by atoms with Crippen molar-refractivity contribution in [1.82, 2.24) is 4.98 Å². The van der Waals surface area contributed by atoms with Gasteiger partial charge in [0, 0.05) is 23.2 Å². The normalized spacial score (nSPS) is 10.1. The van der Waals surface area contributed by atoms with E-state index in [1.165, 1.54) is 0 Å². The van der Waals surface area contributed by atoms with Crippen molar-refractivity contribution in [3.63, 3.8) is 0 Å². The Balaban J connectivity index is 2.17. The van der Waals surface area contributed by atoms with Crippen LogP contribution in [-0.4, -0.2) is 19.2 Å². The molecule has 1 heterocycles. The first-order chi connectivity index (χ1) is 8.74. The van der Waals surface area contributed by atoms with Crippen molar-refractivity contribution in [3.8, 4) is 11.5 Å². The summed E-state index contributed by atoms with van der Waals surface area (Å²) in [7, 11) is 3.18. The van der Waals surface area contributed by atoms with Gasteiger partial charge >= 0.3 is 0 Å². The van der Waals surface area contributed by atoms with Crippen LogP contribution in [0.1, 0.15) is 4.88 Å². The molecule has 2 rings (SSSR count). The minimum atomic E-state index is 0.622. The molecule has 6 heteroatoms. The summed E-state index contributed by atoms with van der Waals surface area (Å²) in [4.78, 5) is 5.16. The molecule has 0 saturated carbocycles. The first-order valence-corrected chi connectivity index (χ1v) is 6.25. The van der Waals surface area contributed by atoms with Gasteiger partial charge in [0.05, 0.1) is 37.6 Å². The second kappa shape index (κ2) is 5.59. The monoisotopic (exact) mass is 265 g/mol. The smallest absolute Gasteiger partial charge is 0.162 e. The summed E-state index contributed by atoms with van der Waals surface area (Å²) < 4.78 is 10.4. The molecule has 0 saturated heterocycles. The summed E-state index contributed by atoms with van der Waals surface area (Å²) in [6.45, 7) is 0.685. The van der Waals surface area contributed by atoms with E-state index in [0.29, 0.717) is 23.7 Å². The van der Waals surface area contributed by atoms with E-state index in [1.807, 2.05) is 12.3 Å². The van der Waals surface area contributed by atoms with E-state index in [0.717, 1.165) is 10.6 Å². The second-order valence-corrected chi connectivity index (χ2v) is 4.59. The van der Waals surface area contributed by atoms with Crippen LogP contribution < -0.4 is 20.5 Å². The molecule has 0 fully saturated rings. The van der Waals surface area contributed by atoms with Gasteiger partial charge in [0.15, 0.2) is 11.5 Å². The Bertz CT molecular complexity index is 514. The van der Waals surface area contributed by atoms with Gasteiger partial charge in [-0.1, -0.05) is 0 Å². The van der Waals surface area contributed by atoms with Crippen LogP contribution in [-0.2, 0) is 6.54 Å². The average molecular weight is 265 g/mol. The highest BCUT2D eigenvalue weighted by molar-refractivity contribution is 7.09. The molecule has 0 bridgehead atoms. The van der Waals surface area contributed by atoms with Crippen LogP contribution in [0.25, 0.3) is 0 Å². The predicted molar refractivity (Wildman–Crippen MR) is 73.4 cm³/mol. The van der Waals surface area contributed by atoms with Crippen molar-refractivity contribution in [2.75, 3.05) is 25.3 Å². The summed E-state index contributed by atoms with van der Waals surface area (Å²) in [6.07, 6.45) is 1.83. The zero-order valence-electron chi connectivity index (χ0n) is 10.3. The molecule has 1 aromatic carbocycles. The van der Waals surface area contributed by atoms with Crippen molar-refractivity contribution in [2.45, 2.75) is 6.54 Å². The maximum atomic E-state index is 5.95. The van der Waals surface area contributed by atoms with Gasteiger partial charge in [-0.3, -0.25) is 4.98 Å². The van der Waals surface area contributed by atoms with Gasteiger partial charge in [0.2, 0.25) is 0 Å². The first kappa shape index (κ1) is 12.5. The number of hydrogen-bond acceptors (Lipinski definition) is 6. The SMILES string of the molecule is COc1cc(N)c(NCc2cncs2)cc1OC. The molecule has 3 N–H and O–H groups in total. The fraction of sp³-hybridized carbons (Fsp3) is 0.250. The number of aromatic nitrogens is 1. The lowest BCUT2D eigenvalue weighted by atomic mass is 10.2. The number of benzene rings is 1. The van der Waals surface area contributed by atoms with Crippen LogP contribution in [0.3, 0.4) is 0 Å². The fourth-order valence-electron chi connectivity index (χ4n) is 1.56. The largest absolute Gasteiger partial charge is 0.493 e. The van der Waals surface area contributed by atoms with Gasteiger partial charge in [-0.15, -0.1) is 11.3 Å². The standard InChI is InChI=1S/C12H15N3O2S/c1-16-11-3-9(13)10(4-12(11)17-2)15-6-8-5-14-7-18-8/h3-5,7,15H,6,13H2,1-2H3. The summed E-state index contributed by atoms with van der Waals surface area (Å²) in [5.41, 5.74) is 9.19. The molecule has 0 spiro atoms. The molecular weight excluding hydrogens is 250 g/mol. The molecule has 5 nitrogen and oxygen atoms in total. The van der Waals surface area contributed by atoms with E-state index in [2.05, 4.69) is 10.3 Å². The van der Waals surface area contributed by atoms with Gasteiger partial charge < -0.3 is 20.5 Å². The lowest BCUT2D eigenvalue weighted by Crippen LogP contribution is -2.03. The number of hydrogen-bond donors (Lipinski definition) is 2. The van der Waals surface area contributed by atoms with Crippen LogP contribution in [0.4, 0.5) is 11.4 Å². The number of ether oxygens (including phenoxy) is 2. The minimum Gasteiger partial charge on any atom is -0.493 e. The van der Waals surface area contributed by atoms with Crippen LogP contribution in [0.15, 0.2) is 23.8 Å². The van der Waals surface area contributed by atoms with Crippen molar-refractivity contribution in [3.05, 3.63) is 28.7 Å². The molecule has 2 aromatic rings. The highest BCUT2D eigenvalue weighted by Crippen LogP contribution is 2.35. The van der Waals surface area contributed by atoms with E-state index in [4.69, 9.17) is 15.2 Å². The Morgan fingerprint density at radius 2 is 2.00 bits per heavy atom. The minimum absolute atomic E-state index is 0.622. The number of nitrogens with two attached hydrogens (primary N) is 1. The van der Waals surface area contributed by atoms with Crippen molar-refractivity contribution < 1.29 is 9.47 Å². The predicted octanol–water partition coefficient (Wildman–Crippen LogP) is 2.35. The first-order valence-electron chi connectivity index (χ1n) is 5.37. The zero-order chi connectivity index (χ0) is 13.0. The fourth-order valence-corrected chi connectivity index (χ4v) is 2.09. The Hall–Kier alpha value is -1.95. The van der Waals surface area contributed by atoms with Crippen LogP contribution >= 0.6 is 11.3 Å². The molecule has 0 radical (unpaired) electrons. The molecular formula is C12H15N3O2S. The highest BCUT2D eigenvalue weighted by atomic mass is 32.1. The Labute approximate surface area is 110 Å². The van der Waals surface area contributed by atoms with E-state index >= 15 is 0 Å². The quantitative estimate of drug-likeness (QED) is 0.812. The van der Waals surface area contributed by atoms with Gasteiger partial charge in [-0.25, -0.2) is 0 Å². The highest BCUT2D eigenvalue weighted by Gasteiger charge is 2.09. The van der Waals surface area contributed by atoms with Gasteiger partial charge in [-0.05, 0) is 0 Å². The lowest BCUT2D eigenvalue weighted by Gasteiger charge is -2.13. The van der Waals surface area contributed by atoms with E-state index in [-0.39, 0.29) is 0 Å². The number of anilines is 2. The van der Waals surface area contributed by atoms with Crippen molar-refractivity contribution >= 4 is 22.7 Å². The van der Waals surface area contributed by atoms with Gasteiger partial charge in [-0.2, -0.15) is 0 Å². The topological polar surface area (TPSA) is 69.4 Å². The molecule has 0 aliphatic carbocycles. The summed E-state index contributed by atoms with van der Waals surface area (Å²) in [5, 5.41) is 3.25. The Morgan fingerprint density at radius 1 is 1.28 bits per heavy atom. The van der Waals surface area contributed by atoms with E-state index in [1.54, 1.807) is 37.1 Å². The third-order valence-electron chi connectivity index (χ3n) is 2.49. The van der Waals surface area contributed by atoms with Crippen LogP contribution in [0.5, 0.6) is 11.5 Å². The Morgan fingerprint density at radius 3 is 2.61 bits per heavy atom.